The van der Waals surface area contributed by atoms with E-state index in [-0.39, 0.29) is 12.2 Å². The zero-order valence-corrected chi connectivity index (χ0v) is 19.1. The van der Waals surface area contributed by atoms with Crippen LogP contribution in [0.2, 0.25) is 0 Å². The molecule has 0 bridgehead atoms. The third-order valence-corrected chi connectivity index (χ3v) is 5.29. The molecule has 2 N–H and O–H groups in total. The predicted molar refractivity (Wildman–Crippen MR) is 112 cm³/mol. The van der Waals surface area contributed by atoms with Crippen LogP contribution >= 0.6 is 0 Å². The molecule has 37 heavy (non-hydrogen) atoms. The summed E-state index contributed by atoms with van der Waals surface area (Å²) in [6.45, 7) is 3.27. The van der Waals surface area contributed by atoms with Crippen molar-refractivity contribution in [3.05, 3.63) is 54.2 Å². The molecule has 2 aromatic heterocycles. The number of hydrogen-bond acceptors (Lipinski definition) is 7. The Morgan fingerprint density at radius 3 is 2.22 bits per heavy atom. The number of fused-ring (bicyclic) bond motifs is 1. The molecule has 2 fully saturated rings. The van der Waals surface area contributed by atoms with E-state index in [1.807, 2.05) is 30.7 Å². The molecule has 1 saturated carbocycles. The van der Waals surface area contributed by atoms with E-state index in [1.54, 1.807) is 12.5 Å². The van der Waals surface area contributed by atoms with Crippen molar-refractivity contribution in [1.82, 2.24) is 9.88 Å². The summed E-state index contributed by atoms with van der Waals surface area (Å²) in [7, 11) is 0. The largest absolute Gasteiger partial charge is 0.490 e. The van der Waals surface area contributed by atoms with Gasteiger partial charge in [-0.2, -0.15) is 26.3 Å². The molecule has 15 heteroatoms. The van der Waals surface area contributed by atoms with Gasteiger partial charge in [0.1, 0.15) is 0 Å². The molecule has 1 aliphatic heterocycles. The minimum atomic E-state index is -5.08. The maximum absolute atomic E-state index is 10.6. The number of alkyl halides is 6. The maximum atomic E-state index is 10.6. The second kappa shape index (κ2) is 13.4. The Hall–Kier alpha value is -3.17. The maximum Gasteiger partial charge on any atom is 0.490 e. The van der Waals surface area contributed by atoms with Gasteiger partial charge in [-0.1, -0.05) is 6.07 Å². The Morgan fingerprint density at radius 1 is 1.05 bits per heavy atom. The number of rotatable bonds is 5. The quantitative estimate of drug-likeness (QED) is 0.542. The number of carboxylic acids is 2. The van der Waals surface area contributed by atoms with Crippen molar-refractivity contribution in [3.8, 4) is 0 Å². The van der Waals surface area contributed by atoms with Crippen molar-refractivity contribution < 1.29 is 60.0 Å². The number of morpholine rings is 1. The number of nitrogens with zero attached hydrogens (tertiary/aromatic N) is 2. The Balaban J connectivity index is 0.000000286. The Kier molecular flexibility index (Phi) is 10.9. The highest BCUT2D eigenvalue weighted by atomic mass is 19.4. The Labute approximate surface area is 206 Å². The van der Waals surface area contributed by atoms with Crippen LogP contribution in [0.1, 0.15) is 24.0 Å². The van der Waals surface area contributed by atoms with Crippen LogP contribution in [-0.4, -0.2) is 75.8 Å². The fraction of sp³-hybridized carbons (Fsp3) is 0.500. The summed E-state index contributed by atoms with van der Waals surface area (Å²) in [6.07, 6.45) is -0.429. The highest BCUT2D eigenvalue weighted by molar-refractivity contribution is 5.73. The monoisotopic (exact) mass is 542 g/mol. The van der Waals surface area contributed by atoms with E-state index in [4.69, 9.17) is 33.7 Å². The number of carbonyl (C=O) groups is 2. The molecule has 2 aliphatic rings. The molecular formula is C22H24F6N2O7. The molecule has 0 unspecified atom stereocenters. The van der Waals surface area contributed by atoms with Gasteiger partial charge in [-0.25, -0.2) is 9.59 Å². The summed E-state index contributed by atoms with van der Waals surface area (Å²) < 4.78 is 80.8. The molecule has 0 radical (unpaired) electrons. The standard InChI is InChI=1S/C18H22N2O3.2C2HF3O2/c1-2-14(10-19-6-1)13-23-17-4-3-16-18(17)22-9-7-20(16)11-15-5-8-21-12-15;2*3-2(4,5)1(6)7/h1-2,5-6,8,10,12,16-18H,3-4,7,9,11,13H2;2*(H,6,7)/t16-,17+,18+;;/m0../s1. The summed E-state index contributed by atoms with van der Waals surface area (Å²) >= 11 is 0. The number of hydrogen-bond donors (Lipinski definition) is 2. The average molecular weight is 542 g/mol. The smallest absolute Gasteiger partial charge is 0.475 e. The van der Waals surface area contributed by atoms with Crippen LogP contribution in [0.15, 0.2) is 47.5 Å². The van der Waals surface area contributed by atoms with E-state index in [9.17, 15) is 26.3 Å². The number of carboxylic acid groups (broad SMARTS) is 2. The lowest BCUT2D eigenvalue weighted by Gasteiger charge is -2.38. The first kappa shape index (κ1) is 30.1. The van der Waals surface area contributed by atoms with Gasteiger partial charge in [-0.15, -0.1) is 0 Å². The van der Waals surface area contributed by atoms with Gasteiger partial charge in [-0.3, -0.25) is 9.88 Å². The highest BCUT2D eigenvalue weighted by Crippen LogP contribution is 2.33. The van der Waals surface area contributed by atoms with Gasteiger partial charge in [0.2, 0.25) is 0 Å². The number of pyridine rings is 1. The van der Waals surface area contributed by atoms with Crippen molar-refractivity contribution in [2.75, 3.05) is 13.2 Å². The van der Waals surface area contributed by atoms with Crippen LogP contribution in [0.5, 0.6) is 0 Å². The summed E-state index contributed by atoms with van der Waals surface area (Å²) in [4.78, 5) is 24.4. The van der Waals surface area contributed by atoms with Crippen molar-refractivity contribution in [1.29, 1.82) is 0 Å². The normalized spacial score (nSPS) is 21.6. The number of furan rings is 1. The molecule has 9 nitrogen and oxygen atoms in total. The second-order valence-electron chi connectivity index (χ2n) is 7.90. The number of ether oxygens (including phenoxy) is 2. The van der Waals surface area contributed by atoms with Crippen molar-refractivity contribution in [3.63, 3.8) is 0 Å². The molecule has 0 amide bonds. The average Bonchev–Trinajstić information content (AvgIpc) is 3.48. The first-order chi connectivity index (χ1) is 17.3. The molecule has 4 rings (SSSR count). The van der Waals surface area contributed by atoms with Crippen LogP contribution in [-0.2, 0) is 32.2 Å². The lowest BCUT2D eigenvalue weighted by molar-refractivity contribution is -0.193. The number of aromatic nitrogens is 1. The molecule has 1 aliphatic carbocycles. The molecule has 0 aromatic carbocycles. The molecule has 0 spiro atoms. The zero-order valence-electron chi connectivity index (χ0n) is 19.1. The summed E-state index contributed by atoms with van der Waals surface area (Å²) in [5.41, 5.74) is 2.34. The first-order valence-corrected chi connectivity index (χ1v) is 10.8. The zero-order chi connectivity index (χ0) is 27.6. The Bertz CT molecular complexity index is 946. The molecule has 206 valence electrons. The lowest BCUT2D eigenvalue weighted by Crippen LogP contribution is -2.51. The third kappa shape index (κ3) is 10.0. The SMILES string of the molecule is O=C(O)C(F)(F)F.O=C(O)C(F)(F)F.c1cncc(CO[C@@H]2CC[C@H]3[C@H]2OCCN3Cc2ccoc2)c1. The fourth-order valence-electron chi connectivity index (χ4n) is 3.67. The number of aliphatic carboxylic acids is 2. The molecular weight excluding hydrogens is 518 g/mol. The molecule has 1 saturated heterocycles. The van der Waals surface area contributed by atoms with E-state index < -0.39 is 24.3 Å². The van der Waals surface area contributed by atoms with Crippen LogP contribution in [0, 0.1) is 0 Å². The van der Waals surface area contributed by atoms with Gasteiger partial charge >= 0.3 is 24.3 Å². The van der Waals surface area contributed by atoms with Gasteiger partial charge in [0.15, 0.2) is 0 Å². The van der Waals surface area contributed by atoms with Gasteiger partial charge in [0.05, 0.1) is 37.9 Å². The summed E-state index contributed by atoms with van der Waals surface area (Å²) in [6, 6.07) is 6.47. The van der Waals surface area contributed by atoms with Gasteiger partial charge < -0.3 is 24.1 Å². The van der Waals surface area contributed by atoms with Crippen LogP contribution in [0.4, 0.5) is 26.3 Å². The van der Waals surface area contributed by atoms with E-state index >= 15 is 0 Å². The molecule has 3 heterocycles. The van der Waals surface area contributed by atoms with Gasteiger partial charge in [0, 0.05) is 37.1 Å². The van der Waals surface area contributed by atoms with Crippen LogP contribution in [0.25, 0.3) is 0 Å². The van der Waals surface area contributed by atoms with E-state index in [2.05, 4.69) is 9.88 Å². The second-order valence-corrected chi connectivity index (χ2v) is 7.90. The predicted octanol–water partition coefficient (Wildman–Crippen LogP) is 3.89. The molecule has 2 aromatic rings. The van der Waals surface area contributed by atoms with E-state index in [0.29, 0.717) is 12.6 Å². The van der Waals surface area contributed by atoms with E-state index in [0.717, 1.165) is 38.1 Å². The Morgan fingerprint density at radius 2 is 1.70 bits per heavy atom. The topological polar surface area (TPSA) is 122 Å². The third-order valence-electron chi connectivity index (χ3n) is 5.29. The van der Waals surface area contributed by atoms with Gasteiger partial charge in [0.25, 0.3) is 0 Å². The summed E-state index contributed by atoms with van der Waals surface area (Å²) in [5.74, 6) is -5.51. The molecule has 3 atom stereocenters. The summed E-state index contributed by atoms with van der Waals surface area (Å²) in [5, 5.41) is 14.2. The minimum Gasteiger partial charge on any atom is -0.475 e. The van der Waals surface area contributed by atoms with Gasteiger partial charge in [-0.05, 0) is 30.5 Å². The highest BCUT2D eigenvalue weighted by Gasteiger charge is 2.43. The number of halogens is 6. The van der Waals surface area contributed by atoms with Crippen molar-refractivity contribution >= 4 is 11.9 Å². The van der Waals surface area contributed by atoms with E-state index in [1.165, 1.54) is 5.56 Å². The first-order valence-electron chi connectivity index (χ1n) is 10.8. The van der Waals surface area contributed by atoms with Crippen LogP contribution in [0.3, 0.4) is 0 Å². The van der Waals surface area contributed by atoms with Crippen molar-refractivity contribution in [2.45, 2.75) is 56.6 Å². The van der Waals surface area contributed by atoms with Crippen LogP contribution < -0.4 is 0 Å². The minimum absolute atomic E-state index is 0.173. The fourth-order valence-corrected chi connectivity index (χ4v) is 3.67. The lowest BCUT2D eigenvalue weighted by atomic mass is 10.1. The van der Waals surface area contributed by atoms with Crippen molar-refractivity contribution in [2.24, 2.45) is 0 Å².